The van der Waals surface area contributed by atoms with E-state index in [-0.39, 0.29) is 35.8 Å². The van der Waals surface area contributed by atoms with E-state index in [0.717, 1.165) is 6.42 Å². The molecule has 160 valence electrons. The monoisotopic (exact) mass is 411 g/mol. The average Bonchev–Trinajstić information content (AvgIpc) is 2.73. The zero-order valence-corrected chi connectivity index (χ0v) is 17.4. The van der Waals surface area contributed by atoms with Crippen LogP contribution >= 0.6 is 0 Å². The summed E-state index contributed by atoms with van der Waals surface area (Å²) >= 11 is 0. The van der Waals surface area contributed by atoms with E-state index in [1.165, 1.54) is 10.1 Å². The van der Waals surface area contributed by atoms with Crippen molar-refractivity contribution in [2.24, 2.45) is 16.6 Å². The fourth-order valence-electron chi connectivity index (χ4n) is 3.31. The third-order valence-electron chi connectivity index (χ3n) is 5.24. The minimum atomic E-state index is -0.303. The number of amides is 1. The summed E-state index contributed by atoms with van der Waals surface area (Å²) in [5, 5.41) is 9.04. The van der Waals surface area contributed by atoms with Gasteiger partial charge in [0, 0.05) is 43.5 Å². The zero-order valence-electron chi connectivity index (χ0n) is 17.4. The number of rotatable bonds is 8. The molecule has 0 aliphatic carbocycles. The Labute approximate surface area is 175 Å². The molecule has 5 N–H and O–H groups in total. The Morgan fingerprint density at radius 3 is 2.83 bits per heavy atom. The average molecular weight is 412 g/mol. The highest BCUT2D eigenvalue weighted by molar-refractivity contribution is 5.79. The molecule has 0 radical (unpaired) electrons. The molecule has 0 saturated heterocycles. The maximum Gasteiger partial charge on any atom is 0.293 e. The maximum atomic E-state index is 12.8. The third-order valence-corrected chi connectivity index (χ3v) is 5.24. The molecule has 2 aromatic rings. The van der Waals surface area contributed by atoms with E-state index in [0.29, 0.717) is 31.3 Å². The SMILES string of the molecule is Cc1cnc(NCCc2ccccc2)c(=O)n1CC(=O)NC[C@@H]1CN=C(N)N[C@@H]1C. The van der Waals surface area contributed by atoms with Gasteiger partial charge in [0.1, 0.15) is 6.54 Å². The van der Waals surface area contributed by atoms with E-state index in [4.69, 9.17) is 5.73 Å². The van der Waals surface area contributed by atoms with Gasteiger partial charge in [-0.15, -0.1) is 0 Å². The fourth-order valence-corrected chi connectivity index (χ4v) is 3.31. The van der Waals surface area contributed by atoms with Crippen LogP contribution in [0.25, 0.3) is 0 Å². The maximum absolute atomic E-state index is 12.8. The number of carbonyl (C=O) groups is 1. The zero-order chi connectivity index (χ0) is 21.5. The Bertz CT molecular complexity index is 956. The van der Waals surface area contributed by atoms with Gasteiger partial charge in [-0.1, -0.05) is 30.3 Å². The van der Waals surface area contributed by atoms with Crippen molar-refractivity contribution >= 4 is 17.7 Å². The van der Waals surface area contributed by atoms with E-state index in [1.807, 2.05) is 37.3 Å². The molecule has 2 heterocycles. The molecule has 0 bridgehead atoms. The van der Waals surface area contributed by atoms with Crippen molar-refractivity contribution in [3.05, 3.63) is 58.1 Å². The highest BCUT2D eigenvalue weighted by Crippen LogP contribution is 2.07. The van der Waals surface area contributed by atoms with Crippen LogP contribution in [0.5, 0.6) is 0 Å². The number of hydrogen-bond donors (Lipinski definition) is 4. The molecule has 1 aliphatic heterocycles. The molecule has 9 nitrogen and oxygen atoms in total. The van der Waals surface area contributed by atoms with Gasteiger partial charge in [0.05, 0.1) is 0 Å². The lowest BCUT2D eigenvalue weighted by molar-refractivity contribution is -0.121. The topological polar surface area (TPSA) is 126 Å². The van der Waals surface area contributed by atoms with Gasteiger partial charge in [-0.3, -0.25) is 19.1 Å². The summed E-state index contributed by atoms with van der Waals surface area (Å²) in [4.78, 5) is 33.6. The summed E-state index contributed by atoms with van der Waals surface area (Å²) in [5.74, 6) is 0.596. The minimum Gasteiger partial charge on any atom is -0.370 e. The van der Waals surface area contributed by atoms with Crippen LogP contribution in [0.3, 0.4) is 0 Å². The molecule has 1 aliphatic rings. The normalized spacial score (nSPS) is 18.3. The summed E-state index contributed by atoms with van der Waals surface area (Å²) in [6.45, 7) is 5.32. The number of nitrogens with one attached hydrogen (secondary N) is 3. The number of aryl methyl sites for hydroxylation is 1. The van der Waals surface area contributed by atoms with Gasteiger partial charge in [0.2, 0.25) is 5.91 Å². The molecule has 0 saturated carbocycles. The first kappa shape index (κ1) is 21.4. The van der Waals surface area contributed by atoms with E-state index in [2.05, 4.69) is 25.9 Å². The number of aromatic nitrogens is 2. The number of anilines is 1. The highest BCUT2D eigenvalue weighted by Gasteiger charge is 2.22. The second-order valence-corrected chi connectivity index (χ2v) is 7.52. The number of aliphatic imine (C=N–C) groups is 1. The van der Waals surface area contributed by atoms with Crippen LogP contribution < -0.4 is 27.2 Å². The Morgan fingerprint density at radius 1 is 1.33 bits per heavy atom. The molecule has 0 fully saturated rings. The van der Waals surface area contributed by atoms with Crippen LogP contribution in [0, 0.1) is 12.8 Å². The van der Waals surface area contributed by atoms with Crippen molar-refractivity contribution in [1.29, 1.82) is 0 Å². The predicted octanol–water partition coefficient (Wildman–Crippen LogP) is 0.245. The minimum absolute atomic E-state index is 0.0551. The summed E-state index contributed by atoms with van der Waals surface area (Å²) in [7, 11) is 0. The third kappa shape index (κ3) is 5.59. The number of hydrogen-bond acceptors (Lipinski definition) is 7. The van der Waals surface area contributed by atoms with Gasteiger partial charge >= 0.3 is 0 Å². The van der Waals surface area contributed by atoms with E-state index in [1.54, 1.807) is 13.1 Å². The van der Waals surface area contributed by atoms with Crippen LogP contribution in [0.4, 0.5) is 5.82 Å². The summed E-state index contributed by atoms with van der Waals surface area (Å²) < 4.78 is 1.44. The molecule has 3 rings (SSSR count). The Balaban J connectivity index is 1.56. The number of benzene rings is 1. The highest BCUT2D eigenvalue weighted by atomic mass is 16.2. The van der Waals surface area contributed by atoms with Gasteiger partial charge in [-0.2, -0.15) is 0 Å². The molecule has 30 heavy (non-hydrogen) atoms. The first-order valence-corrected chi connectivity index (χ1v) is 10.1. The van der Waals surface area contributed by atoms with Crippen molar-refractivity contribution in [1.82, 2.24) is 20.2 Å². The van der Waals surface area contributed by atoms with Crippen LogP contribution in [0.15, 0.2) is 46.3 Å². The molecule has 0 unspecified atom stereocenters. The van der Waals surface area contributed by atoms with Crippen molar-refractivity contribution in [3.8, 4) is 0 Å². The molecule has 1 amide bonds. The molecular weight excluding hydrogens is 382 g/mol. The van der Waals surface area contributed by atoms with Crippen LogP contribution in [-0.2, 0) is 17.8 Å². The number of guanidine groups is 1. The van der Waals surface area contributed by atoms with Gasteiger partial charge in [-0.25, -0.2) is 4.98 Å². The molecule has 1 aromatic carbocycles. The number of nitrogens with zero attached hydrogens (tertiary/aromatic N) is 3. The van der Waals surface area contributed by atoms with E-state index in [9.17, 15) is 9.59 Å². The van der Waals surface area contributed by atoms with Crippen LogP contribution in [0.2, 0.25) is 0 Å². The Morgan fingerprint density at radius 2 is 2.10 bits per heavy atom. The first-order valence-electron chi connectivity index (χ1n) is 10.1. The smallest absolute Gasteiger partial charge is 0.293 e. The predicted molar refractivity (Wildman–Crippen MR) is 117 cm³/mol. The number of nitrogens with two attached hydrogens (primary N) is 1. The largest absolute Gasteiger partial charge is 0.370 e. The van der Waals surface area contributed by atoms with Crippen molar-refractivity contribution in [3.63, 3.8) is 0 Å². The summed E-state index contributed by atoms with van der Waals surface area (Å²) in [5.41, 5.74) is 7.17. The standard InChI is InChI=1S/C21H29N7O2/c1-14-10-25-19(23-9-8-16-6-4-3-5-7-16)20(30)28(14)13-18(29)24-11-17-12-26-21(22)27-15(17)2/h3-7,10,15,17H,8-9,11-13H2,1-2H3,(H,23,25)(H,24,29)(H3,22,26,27)/t15-,17-/m1/s1. The fraction of sp³-hybridized carbons (Fsp3) is 0.429. The van der Waals surface area contributed by atoms with Crippen molar-refractivity contribution < 1.29 is 4.79 Å². The van der Waals surface area contributed by atoms with Crippen molar-refractivity contribution in [2.45, 2.75) is 32.9 Å². The van der Waals surface area contributed by atoms with Crippen LogP contribution in [0.1, 0.15) is 18.2 Å². The lowest BCUT2D eigenvalue weighted by Crippen LogP contribution is -2.51. The van der Waals surface area contributed by atoms with Crippen LogP contribution in [-0.4, -0.2) is 47.1 Å². The quantitative estimate of drug-likeness (QED) is 0.493. The van der Waals surface area contributed by atoms with E-state index >= 15 is 0 Å². The first-order chi connectivity index (χ1) is 14.4. The summed E-state index contributed by atoms with van der Waals surface area (Å²) in [6.07, 6.45) is 2.38. The second kappa shape index (κ2) is 9.91. The number of carbonyl (C=O) groups excluding carboxylic acids is 1. The molecular formula is C21H29N7O2. The lowest BCUT2D eigenvalue weighted by Gasteiger charge is -2.28. The van der Waals surface area contributed by atoms with Gasteiger partial charge < -0.3 is 21.7 Å². The van der Waals surface area contributed by atoms with E-state index < -0.39 is 0 Å². The molecule has 1 aromatic heterocycles. The summed E-state index contributed by atoms with van der Waals surface area (Å²) in [6, 6.07) is 10.1. The van der Waals surface area contributed by atoms with Gasteiger partial charge in [-0.05, 0) is 25.8 Å². The van der Waals surface area contributed by atoms with Gasteiger partial charge in [0.15, 0.2) is 11.8 Å². The Kier molecular flexibility index (Phi) is 7.05. The second-order valence-electron chi connectivity index (χ2n) is 7.52. The van der Waals surface area contributed by atoms with Gasteiger partial charge in [0.25, 0.3) is 5.56 Å². The molecule has 0 spiro atoms. The molecule has 2 atom stereocenters. The van der Waals surface area contributed by atoms with Crippen molar-refractivity contribution in [2.75, 3.05) is 25.0 Å². The Hall–Kier alpha value is -3.36. The molecule has 9 heteroatoms. The lowest BCUT2D eigenvalue weighted by atomic mass is 10.0.